The molecule has 0 saturated carbocycles. The predicted molar refractivity (Wildman–Crippen MR) is 279 cm³/mol. The second-order valence-corrected chi connectivity index (χ2v) is 17.6. The van der Waals surface area contributed by atoms with Crippen LogP contribution in [0.4, 0.5) is 34.1 Å². The fourth-order valence-electron chi connectivity index (χ4n) is 11.3. The lowest BCUT2D eigenvalue weighted by Crippen LogP contribution is -2.61. The van der Waals surface area contributed by atoms with Gasteiger partial charge in [0.2, 0.25) is 0 Å². The van der Waals surface area contributed by atoms with Crippen molar-refractivity contribution in [3.05, 3.63) is 237 Å². The van der Waals surface area contributed by atoms with E-state index in [9.17, 15) is 0 Å². The minimum atomic E-state index is -0.0153. The first-order valence-electron chi connectivity index (χ1n) is 22.6. The van der Waals surface area contributed by atoms with Crippen molar-refractivity contribution in [3.8, 4) is 22.3 Å². The monoisotopic (exact) mass is 822 g/mol. The van der Waals surface area contributed by atoms with Crippen LogP contribution in [0.3, 0.4) is 0 Å². The third-order valence-corrected chi connectivity index (χ3v) is 14.2. The van der Waals surface area contributed by atoms with Gasteiger partial charge in [-0.3, -0.25) is 0 Å². The topological polar surface area (TPSA) is 6.48 Å². The standard InChI is InChI=1S/C62H39BN2/c1-3-12-40(13-4-1)42-22-28-46(29-23-42)64-58-20-11-21-59-60(58)63(56-38-36-51-49-19-10-8-17-45(49)27-33-54(51)61(56)64)57-39-37-53-52-32-26-44-16-7-9-18-48(44)50(52)34-35-55(53)62(57)65(59)47-30-24-43(25-31-47)41-14-5-2-6-15-41/h1-39H. The van der Waals surface area contributed by atoms with E-state index in [1.54, 1.807) is 0 Å². The van der Waals surface area contributed by atoms with E-state index in [2.05, 4.69) is 246 Å². The molecule has 2 nitrogen and oxygen atoms in total. The number of anilines is 6. The molecule has 12 aromatic rings. The summed E-state index contributed by atoms with van der Waals surface area (Å²) in [6.07, 6.45) is 0. The Labute approximate surface area is 378 Å². The zero-order valence-electron chi connectivity index (χ0n) is 35.5. The smallest absolute Gasteiger partial charge is 0.252 e. The van der Waals surface area contributed by atoms with Gasteiger partial charge in [0.15, 0.2) is 0 Å². The first-order valence-corrected chi connectivity index (χ1v) is 22.6. The van der Waals surface area contributed by atoms with Gasteiger partial charge in [-0.1, -0.05) is 200 Å². The molecule has 0 spiro atoms. The molecule has 0 aromatic heterocycles. The zero-order chi connectivity index (χ0) is 42.6. The number of hydrogen-bond acceptors (Lipinski definition) is 2. The van der Waals surface area contributed by atoms with Gasteiger partial charge in [-0.2, -0.15) is 0 Å². The molecular weight excluding hydrogens is 784 g/mol. The van der Waals surface area contributed by atoms with E-state index >= 15 is 0 Å². The third-order valence-electron chi connectivity index (χ3n) is 14.2. The first kappa shape index (κ1) is 36.1. The van der Waals surface area contributed by atoms with Crippen molar-refractivity contribution in [2.24, 2.45) is 0 Å². The average molecular weight is 823 g/mol. The van der Waals surface area contributed by atoms with Crippen molar-refractivity contribution in [3.63, 3.8) is 0 Å². The first-order chi connectivity index (χ1) is 32.3. The molecule has 2 heterocycles. The maximum atomic E-state index is 2.56. The second kappa shape index (κ2) is 14.1. The number of nitrogens with zero attached hydrogens (tertiary/aromatic N) is 2. The van der Waals surface area contributed by atoms with Crippen molar-refractivity contribution in [1.82, 2.24) is 0 Å². The number of benzene rings is 12. The summed E-state index contributed by atoms with van der Waals surface area (Å²) in [7, 11) is 0. The Kier molecular flexibility index (Phi) is 7.81. The summed E-state index contributed by atoms with van der Waals surface area (Å²) in [5.41, 5.74) is 15.9. The Morgan fingerprint density at radius 3 is 1.14 bits per heavy atom. The van der Waals surface area contributed by atoms with Crippen molar-refractivity contribution >= 4 is 111 Å². The molecule has 0 radical (unpaired) electrons. The lowest BCUT2D eigenvalue weighted by molar-refractivity contribution is 1.27. The quantitative estimate of drug-likeness (QED) is 0.129. The summed E-state index contributed by atoms with van der Waals surface area (Å²) in [6.45, 7) is -0.0153. The molecule has 0 N–H and O–H groups in total. The zero-order valence-corrected chi connectivity index (χ0v) is 35.5. The van der Waals surface area contributed by atoms with Gasteiger partial charge in [-0.25, -0.2) is 0 Å². The van der Waals surface area contributed by atoms with Crippen LogP contribution >= 0.6 is 0 Å². The highest BCUT2D eigenvalue weighted by Crippen LogP contribution is 2.49. The molecule has 0 bridgehead atoms. The van der Waals surface area contributed by atoms with Crippen LogP contribution in [0.15, 0.2) is 237 Å². The molecule has 0 unspecified atom stereocenters. The highest BCUT2D eigenvalue weighted by atomic mass is 15.2. The van der Waals surface area contributed by atoms with Crippen LogP contribution in [0.2, 0.25) is 0 Å². The van der Waals surface area contributed by atoms with Gasteiger partial charge in [-0.05, 0) is 118 Å². The van der Waals surface area contributed by atoms with E-state index in [4.69, 9.17) is 0 Å². The van der Waals surface area contributed by atoms with Crippen LogP contribution in [-0.4, -0.2) is 6.71 Å². The minimum absolute atomic E-state index is 0.0153. The fraction of sp³-hybridized carbons (Fsp3) is 0. The average Bonchev–Trinajstić information content (AvgIpc) is 3.38. The van der Waals surface area contributed by atoms with E-state index in [0.29, 0.717) is 0 Å². The van der Waals surface area contributed by atoms with E-state index in [1.807, 2.05) is 0 Å². The summed E-state index contributed by atoms with van der Waals surface area (Å²) >= 11 is 0. The molecule has 3 heteroatoms. The van der Waals surface area contributed by atoms with Crippen molar-refractivity contribution in [1.29, 1.82) is 0 Å². The SMILES string of the molecule is c1ccc(-c2ccc(N3c4cccc5c4B(c4ccc6c(ccc7ccccc76)c43)c3ccc4c(ccc6c7ccccc7ccc46)c3N5c3ccc(-c4ccccc4)cc3)cc2)cc1. The maximum absolute atomic E-state index is 2.56. The maximum Gasteiger partial charge on any atom is 0.252 e. The molecule has 2 aliphatic heterocycles. The Bertz CT molecular complexity index is 3880. The van der Waals surface area contributed by atoms with Crippen LogP contribution in [0, 0.1) is 0 Å². The summed E-state index contributed by atoms with van der Waals surface area (Å²) in [5, 5.41) is 12.6. The van der Waals surface area contributed by atoms with Gasteiger partial charge in [0, 0.05) is 44.9 Å². The van der Waals surface area contributed by atoms with Crippen LogP contribution in [0.25, 0.3) is 76.1 Å². The van der Waals surface area contributed by atoms with Crippen LogP contribution < -0.4 is 26.2 Å². The molecule has 0 saturated heterocycles. The van der Waals surface area contributed by atoms with Crippen molar-refractivity contribution in [2.45, 2.75) is 0 Å². The highest BCUT2D eigenvalue weighted by molar-refractivity contribution is 7.00. The van der Waals surface area contributed by atoms with Crippen LogP contribution in [0.5, 0.6) is 0 Å². The summed E-state index contributed by atoms with van der Waals surface area (Å²) in [6, 6.07) is 88.0. The van der Waals surface area contributed by atoms with Crippen molar-refractivity contribution < 1.29 is 0 Å². The molecule has 14 rings (SSSR count). The molecule has 0 aliphatic carbocycles. The summed E-state index contributed by atoms with van der Waals surface area (Å²) in [4.78, 5) is 5.11. The Hall–Kier alpha value is -8.40. The van der Waals surface area contributed by atoms with Gasteiger partial charge < -0.3 is 9.80 Å². The van der Waals surface area contributed by atoms with Gasteiger partial charge in [0.05, 0.1) is 0 Å². The molecule has 0 amide bonds. The summed E-state index contributed by atoms with van der Waals surface area (Å²) in [5.74, 6) is 0. The second-order valence-electron chi connectivity index (χ2n) is 17.6. The summed E-state index contributed by atoms with van der Waals surface area (Å²) < 4.78 is 0. The van der Waals surface area contributed by atoms with Gasteiger partial charge in [0.25, 0.3) is 6.71 Å². The fourth-order valence-corrected chi connectivity index (χ4v) is 11.3. The van der Waals surface area contributed by atoms with E-state index in [1.165, 1.54) is 115 Å². The molecule has 0 fully saturated rings. The lowest BCUT2D eigenvalue weighted by Gasteiger charge is -2.45. The number of hydrogen-bond donors (Lipinski definition) is 0. The van der Waals surface area contributed by atoms with Gasteiger partial charge in [-0.15, -0.1) is 0 Å². The van der Waals surface area contributed by atoms with Crippen LogP contribution in [-0.2, 0) is 0 Å². The Morgan fingerprint density at radius 2 is 0.615 bits per heavy atom. The van der Waals surface area contributed by atoms with E-state index in [-0.39, 0.29) is 6.71 Å². The normalized spacial score (nSPS) is 12.8. The number of fused-ring (bicyclic) bond motifs is 14. The molecular formula is C62H39BN2. The Balaban J connectivity index is 1.07. The Morgan fingerprint density at radius 1 is 0.246 bits per heavy atom. The lowest BCUT2D eigenvalue weighted by atomic mass is 9.33. The van der Waals surface area contributed by atoms with E-state index < -0.39 is 0 Å². The minimum Gasteiger partial charge on any atom is -0.311 e. The molecule has 2 aliphatic rings. The molecule has 65 heavy (non-hydrogen) atoms. The van der Waals surface area contributed by atoms with Crippen LogP contribution in [0.1, 0.15) is 0 Å². The number of rotatable bonds is 4. The van der Waals surface area contributed by atoms with Crippen molar-refractivity contribution in [2.75, 3.05) is 9.80 Å². The van der Waals surface area contributed by atoms with Gasteiger partial charge >= 0.3 is 0 Å². The van der Waals surface area contributed by atoms with Gasteiger partial charge in [0.1, 0.15) is 0 Å². The molecule has 12 aromatic carbocycles. The molecule has 300 valence electrons. The molecule has 0 atom stereocenters. The third kappa shape index (κ3) is 5.36. The highest BCUT2D eigenvalue weighted by Gasteiger charge is 2.44. The largest absolute Gasteiger partial charge is 0.311 e. The predicted octanol–water partition coefficient (Wildman–Crippen LogP) is 14.9. The van der Waals surface area contributed by atoms with E-state index in [0.717, 1.165) is 11.4 Å².